The molecule has 1 aromatic rings. The van der Waals surface area contributed by atoms with Crippen molar-refractivity contribution >= 4 is 0 Å². The van der Waals surface area contributed by atoms with E-state index in [4.69, 9.17) is 10.00 Å². The average Bonchev–Trinajstić information content (AvgIpc) is 2.48. The van der Waals surface area contributed by atoms with Crippen LogP contribution >= 0.6 is 0 Å². The highest BCUT2D eigenvalue weighted by atomic mass is 16.5. The van der Waals surface area contributed by atoms with Gasteiger partial charge in [-0.25, -0.2) is 0 Å². The summed E-state index contributed by atoms with van der Waals surface area (Å²) in [7, 11) is 0. The van der Waals surface area contributed by atoms with Crippen molar-refractivity contribution in [3.05, 3.63) is 27.5 Å². The van der Waals surface area contributed by atoms with Crippen molar-refractivity contribution in [3.8, 4) is 11.9 Å². The van der Waals surface area contributed by atoms with E-state index in [0.29, 0.717) is 23.6 Å². The first kappa shape index (κ1) is 8.82. The Morgan fingerprint density at radius 1 is 1.71 bits per heavy atom. The zero-order valence-corrected chi connectivity index (χ0v) is 8.07. The summed E-state index contributed by atoms with van der Waals surface area (Å²) in [5.41, 5.74) is 1.05. The summed E-state index contributed by atoms with van der Waals surface area (Å²) < 4.78 is 6.94. The molecule has 14 heavy (non-hydrogen) atoms. The predicted molar refractivity (Wildman–Crippen MR) is 50.2 cm³/mol. The number of nitrogens with zero attached hydrogens (tertiary/aromatic N) is 2. The summed E-state index contributed by atoms with van der Waals surface area (Å²) in [6.07, 6.45) is -0.0309. The molecule has 0 aliphatic carbocycles. The zero-order chi connectivity index (χ0) is 10.3. The number of ether oxygens (including phenoxy) is 1. The Balaban J connectivity index is 2.74. The Morgan fingerprint density at radius 3 is 3.07 bits per heavy atom. The van der Waals surface area contributed by atoms with Crippen LogP contribution < -0.4 is 10.3 Å². The molecule has 4 nitrogen and oxygen atoms in total. The van der Waals surface area contributed by atoms with E-state index >= 15 is 0 Å². The van der Waals surface area contributed by atoms with Crippen molar-refractivity contribution in [1.29, 1.82) is 5.26 Å². The maximum atomic E-state index is 11.5. The summed E-state index contributed by atoms with van der Waals surface area (Å²) in [4.78, 5) is 11.5. The van der Waals surface area contributed by atoms with Crippen LogP contribution in [0.25, 0.3) is 0 Å². The van der Waals surface area contributed by atoms with Crippen LogP contribution in [0.3, 0.4) is 0 Å². The number of fused-ring (bicyclic) bond motifs is 1. The summed E-state index contributed by atoms with van der Waals surface area (Å²) in [5.74, 6) is 0.421. The Morgan fingerprint density at radius 2 is 2.43 bits per heavy atom. The Labute approximate surface area is 81.3 Å². The van der Waals surface area contributed by atoms with Gasteiger partial charge in [-0.1, -0.05) is 0 Å². The normalized spacial score (nSPS) is 18.5. The second-order valence-corrected chi connectivity index (χ2v) is 3.50. The third-order valence-corrected chi connectivity index (χ3v) is 2.32. The molecule has 1 aliphatic heterocycles. The van der Waals surface area contributed by atoms with E-state index in [0.717, 1.165) is 0 Å². The number of hydrogen-bond acceptors (Lipinski definition) is 3. The molecule has 72 valence electrons. The van der Waals surface area contributed by atoms with E-state index in [1.807, 2.05) is 6.92 Å². The molecule has 0 N–H and O–H groups in total. The van der Waals surface area contributed by atoms with Gasteiger partial charge >= 0.3 is 0 Å². The molecular weight excluding hydrogens is 180 g/mol. The largest absolute Gasteiger partial charge is 0.473 e. The highest BCUT2D eigenvalue weighted by Gasteiger charge is 2.24. The van der Waals surface area contributed by atoms with Crippen LogP contribution in [0.1, 0.15) is 18.1 Å². The highest BCUT2D eigenvalue weighted by molar-refractivity contribution is 5.45. The number of nitriles is 1. The number of aryl methyl sites for hydroxylation is 1. The number of pyridine rings is 1. The SMILES string of the molecule is Cc1cc(=O)n2c(c1C#N)O[C@@H](C)C2. The summed E-state index contributed by atoms with van der Waals surface area (Å²) in [6.45, 7) is 4.15. The second-order valence-electron chi connectivity index (χ2n) is 3.50. The van der Waals surface area contributed by atoms with Crippen LogP contribution in [0.15, 0.2) is 10.9 Å². The lowest BCUT2D eigenvalue weighted by Crippen LogP contribution is -2.18. The smallest absolute Gasteiger partial charge is 0.253 e. The first-order valence-corrected chi connectivity index (χ1v) is 4.44. The molecule has 0 fully saturated rings. The van der Waals surface area contributed by atoms with Gasteiger partial charge in [-0.3, -0.25) is 9.36 Å². The van der Waals surface area contributed by atoms with E-state index in [1.54, 1.807) is 6.92 Å². The quantitative estimate of drug-likeness (QED) is 0.608. The molecule has 1 aliphatic rings. The van der Waals surface area contributed by atoms with E-state index < -0.39 is 0 Å². The van der Waals surface area contributed by atoms with Gasteiger partial charge in [-0.05, 0) is 19.4 Å². The van der Waals surface area contributed by atoms with Gasteiger partial charge in [0.05, 0.1) is 6.54 Å². The molecule has 0 saturated carbocycles. The molecule has 0 amide bonds. The minimum absolute atomic E-state index is 0.0309. The van der Waals surface area contributed by atoms with Gasteiger partial charge in [0.1, 0.15) is 17.7 Å². The monoisotopic (exact) mass is 190 g/mol. The lowest BCUT2D eigenvalue weighted by atomic mass is 10.2. The molecule has 0 radical (unpaired) electrons. The van der Waals surface area contributed by atoms with Crippen LogP contribution in [-0.4, -0.2) is 10.7 Å². The first-order valence-electron chi connectivity index (χ1n) is 4.44. The van der Waals surface area contributed by atoms with Crippen molar-refractivity contribution in [1.82, 2.24) is 4.57 Å². The number of rotatable bonds is 0. The molecular formula is C10H10N2O2. The second kappa shape index (κ2) is 2.88. The summed E-state index contributed by atoms with van der Waals surface area (Å²) >= 11 is 0. The van der Waals surface area contributed by atoms with Crippen LogP contribution in [0, 0.1) is 18.3 Å². The fourth-order valence-corrected chi connectivity index (χ4v) is 1.66. The van der Waals surface area contributed by atoms with Gasteiger partial charge < -0.3 is 4.74 Å². The van der Waals surface area contributed by atoms with Gasteiger partial charge in [0.25, 0.3) is 5.56 Å². The minimum Gasteiger partial charge on any atom is -0.473 e. The maximum absolute atomic E-state index is 11.5. The molecule has 0 bridgehead atoms. The molecule has 0 aromatic carbocycles. The Kier molecular flexibility index (Phi) is 1.81. The topological polar surface area (TPSA) is 55.0 Å². The van der Waals surface area contributed by atoms with Crippen LogP contribution in [0.5, 0.6) is 5.88 Å². The van der Waals surface area contributed by atoms with Crippen molar-refractivity contribution in [2.45, 2.75) is 26.5 Å². The summed E-state index contributed by atoms with van der Waals surface area (Å²) in [6, 6.07) is 3.53. The van der Waals surface area contributed by atoms with E-state index in [-0.39, 0.29) is 11.7 Å². The third-order valence-electron chi connectivity index (χ3n) is 2.32. The van der Waals surface area contributed by atoms with E-state index in [9.17, 15) is 4.79 Å². The maximum Gasteiger partial charge on any atom is 0.253 e. The average molecular weight is 190 g/mol. The van der Waals surface area contributed by atoms with Crippen molar-refractivity contribution in [2.24, 2.45) is 0 Å². The molecule has 2 heterocycles. The van der Waals surface area contributed by atoms with Gasteiger partial charge in [-0.15, -0.1) is 0 Å². The Hall–Kier alpha value is -1.76. The van der Waals surface area contributed by atoms with Crippen LogP contribution in [0.2, 0.25) is 0 Å². The fraction of sp³-hybridized carbons (Fsp3) is 0.400. The van der Waals surface area contributed by atoms with E-state index in [2.05, 4.69) is 6.07 Å². The summed E-state index contributed by atoms with van der Waals surface area (Å²) in [5, 5.41) is 8.91. The number of hydrogen-bond donors (Lipinski definition) is 0. The third kappa shape index (κ3) is 1.10. The van der Waals surface area contributed by atoms with Crippen molar-refractivity contribution < 1.29 is 4.74 Å². The molecule has 2 rings (SSSR count). The molecule has 4 heteroatoms. The minimum atomic E-state index is -0.0964. The molecule has 0 saturated heterocycles. The Bertz CT molecular complexity index is 482. The molecule has 0 spiro atoms. The van der Waals surface area contributed by atoms with E-state index in [1.165, 1.54) is 10.6 Å². The van der Waals surface area contributed by atoms with Gasteiger partial charge in [0.2, 0.25) is 5.88 Å². The standard InChI is InChI=1S/C10H10N2O2/c1-6-3-9(13)12-5-7(2)14-10(12)8(6)4-11/h3,7H,5H2,1-2H3/t7-/m0/s1. The lowest BCUT2D eigenvalue weighted by Gasteiger charge is -2.05. The van der Waals surface area contributed by atoms with Gasteiger partial charge in [0, 0.05) is 6.07 Å². The predicted octanol–water partition coefficient (Wildman–Crippen LogP) is 0.809. The molecule has 1 aromatic heterocycles. The fourth-order valence-electron chi connectivity index (χ4n) is 1.66. The van der Waals surface area contributed by atoms with Crippen LogP contribution in [-0.2, 0) is 6.54 Å². The molecule has 0 unspecified atom stereocenters. The van der Waals surface area contributed by atoms with Crippen LogP contribution in [0.4, 0.5) is 0 Å². The zero-order valence-electron chi connectivity index (χ0n) is 8.07. The first-order chi connectivity index (χ1) is 6.63. The van der Waals surface area contributed by atoms with Gasteiger partial charge in [-0.2, -0.15) is 5.26 Å². The lowest BCUT2D eigenvalue weighted by molar-refractivity contribution is 0.253. The van der Waals surface area contributed by atoms with Gasteiger partial charge in [0.15, 0.2) is 0 Å². The van der Waals surface area contributed by atoms with Crippen molar-refractivity contribution in [2.75, 3.05) is 0 Å². The molecule has 1 atom stereocenters. The number of aromatic nitrogens is 1. The highest BCUT2D eigenvalue weighted by Crippen LogP contribution is 2.25. The van der Waals surface area contributed by atoms with Crippen molar-refractivity contribution in [3.63, 3.8) is 0 Å².